The maximum Gasteiger partial charge on any atom is 0.182 e. The first-order chi connectivity index (χ1) is 9.92. The Morgan fingerprint density at radius 2 is 1.76 bits per heavy atom. The molecule has 0 aromatic heterocycles. The number of hydrogen-bond donors (Lipinski definition) is 0. The fourth-order valence-electron chi connectivity index (χ4n) is 1.96. The average Bonchev–Trinajstić information content (AvgIpc) is 2.47. The molecule has 0 amide bonds. The SMILES string of the molecule is COc1cccc(CS(=O)(=O)c2ccc(C(C)=O)cc2)c1. The van der Waals surface area contributed by atoms with E-state index in [4.69, 9.17) is 4.74 Å². The van der Waals surface area contributed by atoms with Crippen LogP contribution in [0.1, 0.15) is 22.8 Å². The van der Waals surface area contributed by atoms with Crippen LogP contribution in [-0.2, 0) is 15.6 Å². The number of Topliss-reactive ketones (excluding diaryl/α,β-unsaturated/α-hetero) is 1. The maximum absolute atomic E-state index is 12.4. The lowest BCUT2D eigenvalue weighted by atomic mass is 10.2. The molecule has 0 saturated carbocycles. The van der Waals surface area contributed by atoms with Gasteiger partial charge in [-0.25, -0.2) is 8.42 Å². The lowest BCUT2D eigenvalue weighted by molar-refractivity contribution is 0.101. The molecule has 0 spiro atoms. The molecule has 2 aromatic rings. The summed E-state index contributed by atoms with van der Waals surface area (Å²) in [5, 5.41) is 0. The molecule has 0 fully saturated rings. The standard InChI is InChI=1S/C16H16O4S/c1-12(17)14-6-8-16(9-7-14)21(18,19)11-13-4-3-5-15(10-13)20-2/h3-10H,11H2,1-2H3. The van der Waals surface area contributed by atoms with E-state index in [-0.39, 0.29) is 16.4 Å². The molecule has 2 aromatic carbocycles. The quantitative estimate of drug-likeness (QED) is 0.797. The minimum absolute atomic E-state index is 0.0910. The molecular weight excluding hydrogens is 288 g/mol. The molecule has 110 valence electrons. The van der Waals surface area contributed by atoms with Gasteiger partial charge in [0.25, 0.3) is 0 Å². The van der Waals surface area contributed by atoms with Gasteiger partial charge in [-0.1, -0.05) is 24.3 Å². The molecule has 0 N–H and O–H groups in total. The molecule has 2 rings (SSSR count). The third kappa shape index (κ3) is 3.70. The first-order valence-electron chi connectivity index (χ1n) is 6.39. The second kappa shape index (κ2) is 6.10. The van der Waals surface area contributed by atoms with Gasteiger partial charge in [0.15, 0.2) is 15.6 Å². The largest absolute Gasteiger partial charge is 0.497 e. The van der Waals surface area contributed by atoms with Gasteiger partial charge < -0.3 is 4.74 Å². The van der Waals surface area contributed by atoms with Gasteiger partial charge in [0.1, 0.15) is 5.75 Å². The van der Waals surface area contributed by atoms with E-state index in [1.807, 2.05) is 0 Å². The van der Waals surface area contributed by atoms with Crippen molar-refractivity contribution in [3.63, 3.8) is 0 Å². The summed E-state index contributed by atoms with van der Waals surface area (Å²) in [5.41, 5.74) is 1.15. The number of benzene rings is 2. The number of sulfone groups is 1. The lowest BCUT2D eigenvalue weighted by Crippen LogP contribution is -2.05. The number of ether oxygens (including phenoxy) is 1. The van der Waals surface area contributed by atoms with E-state index < -0.39 is 9.84 Å². The van der Waals surface area contributed by atoms with E-state index >= 15 is 0 Å². The molecule has 0 aliphatic rings. The van der Waals surface area contributed by atoms with Crippen LogP contribution in [0.4, 0.5) is 0 Å². The van der Waals surface area contributed by atoms with Gasteiger partial charge in [-0.2, -0.15) is 0 Å². The molecule has 0 unspecified atom stereocenters. The van der Waals surface area contributed by atoms with Crippen LogP contribution in [0.15, 0.2) is 53.4 Å². The van der Waals surface area contributed by atoms with Crippen molar-refractivity contribution in [2.24, 2.45) is 0 Å². The first kappa shape index (κ1) is 15.3. The van der Waals surface area contributed by atoms with Gasteiger partial charge in [-0.05, 0) is 36.8 Å². The molecule has 0 aliphatic heterocycles. The number of ketones is 1. The second-order valence-electron chi connectivity index (χ2n) is 4.69. The van der Waals surface area contributed by atoms with Crippen molar-refractivity contribution in [2.75, 3.05) is 7.11 Å². The van der Waals surface area contributed by atoms with E-state index in [9.17, 15) is 13.2 Å². The number of hydrogen-bond acceptors (Lipinski definition) is 4. The summed E-state index contributed by atoms with van der Waals surface area (Å²) in [6.45, 7) is 1.44. The molecule has 0 radical (unpaired) electrons. The van der Waals surface area contributed by atoms with E-state index in [1.54, 1.807) is 24.3 Å². The Bertz CT molecular complexity index is 746. The summed E-state index contributed by atoms with van der Waals surface area (Å²) in [7, 11) is -1.91. The first-order valence-corrected chi connectivity index (χ1v) is 8.04. The fraction of sp³-hybridized carbons (Fsp3) is 0.188. The number of rotatable bonds is 5. The van der Waals surface area contributed by atoms with Crippen molar-refractivity contribution in [3.05, 3.63) is 59.7 Å². The Balaban J connectivity index is 2.27. The Morgan fingerprint density at radius 3 is 2.33 bits per heavy atom. The van der Waals surface area contributed by atoms with Crippen molar-refractivity contribution in [1.29, 1.82) is 0 Å². The predicted molar refractivity (Wildman–Crippen MR) is 80.3 cm³/mol. The summed E-state index contributed by atoms with van der Waals surface area (Å²) in [4.78, 5) is 11.4. The molecule has 0 saturated heterocycles. The third-order valence-electron chi connectivity index (χ3n) is 3.11. The third-order valence-corrected chi connectivity index (χ3v) is 4.81. The van der Waals surface area contributed by atoms with E-state index in [1.165, 1.54) is 38.3 Å². The van der Waals surface area contributed by atoms with Crippen molar-refractivity contribution >= 4 is 15.6 Å². The van der Waals surface area contributed by atoms with Crippen LogP contribution in [0.3, 0.4) is 0 Å². The van der Waals surface area contributed by atoms with Crippen LogP contribution in [-0.4, -0.2) is 21.3 Å². The van der Waals surface area contributed by atoms with Crippen molar-refractivity contribution < 1.29 is 17.9 Å². The molecule has 21 heavy (non-hydrogen) atoms. The highest BCUT2D eigenvalue weighted by Crippen LogP contribution is 2.20. The Morgan fingerprint density at radius 1 is 1.10 bits per heavy atom. The number of methoxy groups -OCH3 is 1. The zero-order valence-corrected chi connectivity index (χ0v) is 12.7. The zero-order chi connectivity index (χ0) is 15.5. The molecule has 4 nitrogen and oxygen atoms in total. The van der Waals surface area contributed by atoms with Crippen molar-refractivity contribution in [2.45, 2.75) is 17.6 Å². The highest BCUT2D eigenvalue weighted by atomic mass is 32.2. The molecule has 5 heteroatoms. The summed E-state index contributed by atoms with van der Waals surface area (Å²) in [5.74, 6) is 0.422. The Labute approximate surface area is 124 Å². The highest BCUT2D eigenvalue weighted by Gasteiger charge is 2.16. The van der Waals surface area contributed by atoms with Crippen LogP contribution < -0.4 is 4.74 Å². The molecule has 0 atom stereocenters. The van der Waals surface area contributed by atoms with Crippen LogP contribution in [0.2, 0.25) is 0 Å². The highest BCUT2D eigenvalue weighted by molar-refractivity contribution is 7.90. The van der Waals surface area contributed by atoms with Gasteiger partial charge in [-0.15, -0.1) is 0 Å². The number of carbonyl (C=O) groups excluding carboxylic acids is 1. The summed E-state index contributed by atoms with van der Waals surface area (Å²) < 4.78 is 29.8. The summed E-state index contributed by atoms with van der Waals surface area (Å²) >= 11 is 0. The topological polar surface area (TPSA) is 60.4 Å². The Hall–Kier alpha value is -2.14. The van der Waals surface area contributed by atoms with Crippen LogP contribution in [0, 0.1) is 0 Å². The van der Waals surface area contributed by atoms with Gasteiger partial charge in [0.05, 0.1) is 17.8 Å². The van der Waals surface area contributed by atoms with Crippen LogP contribution in [0.25, 0.3) is 0 Å². The lowest BCUT2D eigenvalue weighted by Gasteiger charge is -2.07. The molecular formula is C16H16O4S. The monoisotopic (exact) mass is 304 g/mol. The van der Waals surface area contributed by atoms with Crippen LogP contribution >= 0.6 is 0 Å². The zero-order valence-electron chi connectivity index (χ0n) is 11.9. The molecule has 0 heterocycles. The van der Waals surface area contributed by atoms with Crippen molar-refractivity contribution in [1.82, 2.24) is 0 Å². The minimum atomic E-state index is -3.45. The van der Waals surface area contributed by atoms with E-state index in [0.29, 0.717) is 16.9 Å². The average molecular weight is 304 g/mol. The van der Waals surface area contributed by atoms with E-state index in [2.05, 4.69) is 0 Å². The Kier molecular flexibility index (Phi) is 4.43. The second-order valence-corrected chi connectivity index (χ2v) is 6.68. The van der Waals surface area contributed by atoms with Gasteiger partial charge in [0.2, 0.25) is 0 Å². The summed E-state index contributed by atoms with van der Waals surface area (Å²) in [6, 6.07) is 12.9. The fourth-order valence-corrected chi connectivity index (χ4v) is 3.30. The van der Waals surface area contributed by atoms with Gasteiger partial charge in [0, 0.05) is 5.56 Å². The van der Waals surface area contributed by atoms with E-state index in [0.717, 1.165) is 0 Å². The van der Waals surface area contributed by atoms with Crippen molar-refractivity contribution in [3.8, 4) is 5.75 Å². The van der Waals surface area contributed by atoms with Crippen LogP contribution in [0.5, 0.6) is 5.75 Å². The summed E-state index contributed by atoms with van der Waals surface area (Å²) in [6.07, 6.45) is 0. The van der Waals surface area contributed by atoms with Gasteiger partial charge >= 0.3 is 0 Å². The van der Waals surface area contributed by atoms with Gasteiger partial charge in [-0.3, -0.25) is 4.79 Å². The molecule has 0 bridgehead atoms. The maximum atomic E-state index is 12.4. The normalized spacial score (nSPS) is 11.1. The minimum Gasteiger partial charge on any atom is -0.497 e. The smallest absolute Gasteiger partial charge is 0.182 e. The predicted octanol–water partition coefficient (Wildman–Crippen LogP) is 2.87. The molecule has 0 aliphatic carbocycles. The number of carbonyl (C=O) groups is 1.